The van der Waals surface area contributed by atoms with Crippen LogP contribution < -0.4 is 5.32 Å². The molecule has 38 heavy (non-hydrogen) atoms. The molecule has 0 heterocycles. The van der Waals surface area contributed by atoms with Crippen LogP contribution in [-0.2, 0) is 14.9 Å². The SMILES string of the molecule is CCCCCCCC/C=C/CCCCCCCCCCCC(=O)NCCC[N+](C)(C)CC(O)CS(=O)(=O)O. The van der Waals surface area contributed by atoms with Crippen molar-refractivity contribution in [2.24, 2.45) is 0 Å². The van der Waals surface area contributed by atoms with E-state index in [1.807, 2.05) is 14.1 Å². The first-order valence-corrected chi connectivity index (χ1v) is 17.0. The average molecular weight is 562 g/mol. The van der Waals surface area contributed by atoms with Gasteiger partial charge in [-0.25, -0.2) is 0 Å². The first-order chi connectivity index (χ1) is 18.1. The van der Waals surface area contributed by atoms with Crippen LogP contribution in [0.3, 0.4) is 0 Å². The monoisotopic (exact) mass is 561 g/mol. The minimum Gasteiger partial charge on any atom is -0.386 e. The van der Waals surface area contributed by atoms with Gasteiger partial charge in [0.05, 0.1) is 20.6 Å². The number of rotatable bonds is 27. The molecule has 0 fully saturated rings. The second-order valence-corrected chi connectivity index (χ2v) is 13.2. The Morgan fingerprint density at radius 2 is 1.26 bits per heavy atom. The van der Waals surface area contributed by atoms with Crippen molar-refractivity contribution < 1.29 is 27.4 Å². The summed E-state index contributed by atoms with van der Waals surface area (Å²) in [5.74, 6) is -0.564. The summed E-state index contributed by atoms with van der Waals surface area (Å²) in [4.78, 5) is 12.0. The lowest BCUT2D eigenvalue weighted by atomic mass is 10.1. The minimum absolute atomic E-state index is 0.0859. The molecule has 226 valence electrons. The zero-order valence-electron chi connectivity index (χ0n) is 25.0. The number of carbonyl (C=O) groups excluding carboxylic acids is 1. The van der Waals surface area contributed by atoms with Crippen molar-refractivity contribution in [2.45, 2.75) is 135 Å². The lowest BCUT2D eigenvalue weighted by molar-refractivity contribution is -0.893. The van der Waals surface area contributed by atoms with Crippen LogP contribution in [0.5, 0.6) is 0 Å². The molecule has 3 N–H and O–H groups in total. The number of carbonyl (C=O) groups is 1. The lowest BCUT2D eigenvalue weighted by Gasteiger charge is -2.31. The van der Waals surface area contributed by atoms with E-state index in [1.54, 1.807) is 0 Å². The van der Waals surface area contributed by atoms with E-state index in [0.717, 1.165) is 19.3 Å². The Balaban J connectivity index is 3.47. The lowest BCUT2D eigenvalue weighted by Crippen LogP contribution is -2.48. The molecule has 8 heteroatoms. The molecule has 0 aliphatic carbocycles. The highest BCUT2D eigenvalue weighted by molar-refractivity contribution is 7.85. The van der Waals surface area contributed by atoms with Gasteiger partial charge in [-0.3, -0.25) is 9.35 Å². The third-order valence-corrected chi connectivity index (χ3v) is 7.84. The van der Waals surface area contributed by atoms with E-state index in [2.05, 4.69) is 24.4 Å². The normalized spacial score (nSPS) is 13.3. The molecule has 0 rings (SSSR count). The quantitative estimate of drug-likeness (QED) is 0.0465. The fraction of sp³-hybridized carbons (Fsp3) is 0.900. The van der Waals surface area contributed by atoms with Gasteiger partial charge in [-0.15, -0.1) is 0 Å². The van der Waals surface area contributed by atoms with Gasteiger partial charge in [0.2, 0.25) is 5.91 Å². The van der Waals surface area contributed by atoms with E-state index in [4.69, 9.17) is 4.55 Å². The van der Waals surface area contributed by atoms with Gasteiger partial charge >= 0.3 is 0 Å². The third-order valence-electron chi connectivity index (χ3n) is 7.04. The predicted octanol–water partition coefficient (Wildman–Crippen LogP) is 6.42. The van der Waals surface area contributed by atoms with Crippen molar-refractivity contribution >= 4 is 16.0 Å². The first kappa shape index (κ1) is 37.0. The molecule has 1 atom stereocenters. The van der Waals surface area contributed by atoms with E-state index in [1.165, 1.54) is 96.3 Å². The summed E-state index contributed by atoms with van der Waals surface area (Å²) in [7, 11) is -0.392. The molecule has 0 aromatic heterocycles. The number of hydrogen-bond donors (Lipinski definition) is 3. The van der Waals surface area contributed by atoms with Crippen LogP contribution in [0.2, 0.25) is 0 Å². The van der Waals surface area contributed by atoms with Crippen molar-refractivity contribution in [3.8, 4) is 0 Å². The van der Waals surface area contributed by atoms with Crippen LogP contribution in [0.15, 0.2) is 12.2 Å². The van der Waals surface area contributed by atoms with Gasteiger partial charge in [0.15, 0.2) is 0 Å². The Hall–Kier alpha value is -0.960. The molecular formula is C30H61N2O5S+. The highest BCUT2D eigenvalue weighted by Crippen LogP contribution is 2.12. The van der Waals surface area contributed by atoms with Gasteiger partial charge in [0.1, 0.15) is 18.4 Å². The Labute approximate surface area is 235 Å². The largest absolute Gasteiger partial charge is 0.386 e. The predicted molar refractivity (Wildman–Crippen MR) is 160 cm³/mol. The smallest absolute Gasteiger partial charge is 0.267 e. The maximum atomic E-state index is 12.0. The van der Waals surface area contributed by atoms with E-state index < -0.39 is 22.0 Å². The van der Waals surface area contributed by atoms with Gasteiger partial charge in [0.25, 0.3) is 10.1 Å². The van der Waals surface area contributed by atoms with Crippen LogP contribution >= 0.6 is 0 Å². The topological polar surface area (TPSA) is 104 Å². The van der Waals surface area contributed by atoms with E-state index in [9.17, 15) is 18.3 Å². The second kappa shape index (κ2) is 23.9. The van der Waals surface area contributed by atoms with Gasteiger partial charge in [0, 0.05) is 19.4 Å². The molecule has 0 radical (unpaired) electrons. The van der Waals surface area contributed by atoms with Gasteiger partial charge in [-0.1, -0.05) is 96.1 Å². The Bertz CT molecular complexity index is 695. The Kier molecular flexibility index (Phi) is 23.3. The van der Waals surface area contributed by atoms with Crippen molar-refractivity contribution in [3.63, 3.8) is 0 Å². The number of likely N-dealkylation sites (N-methyl/N-ethyl adjacent to an activating group) is 1. The number of quaternary nitrogens is 1. The van der Waals surface area contributed by atoms with Gasteiger partial charge < -0.3 is 14.9 Å². The molecule has 0 aromatic rings. The number of amides is 1. The van der Waals surface area contributed by atoms with Crippen LogP contribution in [0, 0.1) is 0 Å². The molecule has 7 nitrogen and oxygen atoms in total. The van der Waals surface area contributed by atoms with Crippen molar-refractivity contribution in [1.29, 1.82) is 0 Å². The molecule has 0 spiro atoms. The summed E-state index contributed by atoms with van der Waals surface area (Å²) in [6.07, 6.45) is 26.8. The Morgan fingerprint density at radius 3 is 1.76 bits per heavy atom. The zero-order valence-corrected chi connectivity index (χ0v) is 25.8. The van der Waals surface area contributed by atoms with E-state index in [0.29, 0.717) is 24.0 Å². The molecule has 0 saturated heterocycles. The summed E-state index contributed by atoms with van der Waals surface area (Å²) in [5.41, 5.74) is 0. The summed E-state index contributed by atoms with van der Waals surface area (Å²) in [6, 6.07) is 0. The number of nitrogens with zero attached hydrogens (tertiary/aromatic N) is 1. The summed E-state index contributed by atoms with van der Waals surface area (Å²) >= 11 is 0. The average Bonchev–Trinajstić information content (AvgIpc) is 2.81. The number of allylic oxidation sites excluding steroid dienone is 2. The highest BCUT2D eigenvalue weighted by Gasteiger charge is 2.24. The molecule has 0 aromatic carbocycles. The van der Waals surface area contributed by atoms with Crippen molar-refractivity contribution in [1.82, 2.24) is 5.32 Å². The van der Waals surface area contributed by atoms with Gasteiger partial charge in [-0.05, 0) is 32.1 Å². The van der Waals surface area contributed by atoms with Crippen LogP contribution in [0.4, 0.5) is 0 Å². The maximum Gasteiger partial charge on any atom is 0.267 e. The highest BCUT2D eigenvalue weighted by atomic mass is 32.2. The molecule has 1 amide bonds. The molecule has 0 bridgehead atoms. The fourth-order valence-corrected chi connectivity index (χ4v) is 5.44. The standard InChI is InChI=1S/C30H60N2O5S/c1-4-5-6-7-8-9-10-11-12-13-14-15-16-17-18-19-20-21-22-24-30(34)31-25-23-26-32(2,3)27-29(33)28-38(35,36)37/h11-12,29,33H,4-10,13-28H2,1-3H3,(H-,31,34,35,36,37)/p+1/b12-11+. The molecule has 1 unspecified atom stereocenters. The van der Waals surface area contributed by atoms with Crippen molar-refractivity contribution in [3.05, 3.63) is 12.2 Å². The maximum absolute atomic E-state index is 12.0. The number of hydrogen-bond acceptors (Lipinski definition) is 4. The first-order valence-electron chi connectivity index (χ1n) is 15.4. The molecular weight excluding hydrogens is 500 g/mol. The third kappa shape index (κ3) is 28.1. The number of aliphatic hydroxyl groups excluding tert-OH is 1. The number of unbranched alkanes of at least 4 members (excludes halogenated alkanes) is 15. The summed E-state index contributed by atoms with van der Waals surface area (Å²) in [5, 5.41) is 12.8. The zero-order chi connectivity index (χ0) is 28.5. The fourth-order valence-electron chi connectivity index (χ4n) is 4.84. The molecule has 0 aliphatic heterocycles. The number of nitrogens with one attached hydrogen (secondary N) is 1. The van der Waals surface area contributed by atoms with Gasteiger partial charge in [-0.2, -0.15) is 8.42 Å². The minimum atomic E-state index is -4.18. The second-order valence-electron chi connectivity index (χ2n) is 11.7. The Morgan fingerprint density at radius 1 is 0.789 bits per heavy atom. The molecule has 0 saturated carbocycles. The van der Waals surface area contributed by atoms with Crippen LogP contribution in [0.25, 0.3) is 0 Å². The van der Waals surface area contributed by atoms with Crippen LogP contribution in [0.1, 0.15) is 129 Å². The van der Waals surface area contributed by atoms with E-state index in [-0.39, 0.29) is 12.5 Å². The molecule has 0 aliphatic rings. The van der Waals surface area contributed by atoms with Crippen molar-refractivity contribution in [2.75, 3.05) is 39.5 Å². The van der Waals surface area contributed by atoms with Crippen LogP contribution in [-0.4, -0.2) is 74.1 Å². The summed E-state index contributed by atoms with van der Waals surface area (Å²) < 4.78 is 31.0. The summed E-state index contributed by atoms with van der Waals surface area (Å²) in [6.45, 7) is 3.76. The van der Waals surface area contributed by atoms with E-state index >= 15 is 0 Å². The number of aliphatic hydroxyl groups is 1.